The van der Waals surface area contributed by atoms with Gasteiger partial charge in [0.2, 0.25) is 0 Å². The molecule has 3 rings (SSSR count). The molecule has 19 heavy (non-hydrogen) atoms. The Morgan fingerprint density at radius 3 is 3.05 bits per heavy atom. The van der Waals surface area contributed by atoms with Crippen LogP contribution in [-0.4, -0.2) is 16.5 Å². The number of hydrogen-bond donors (Lipinski definition) is 1. The van der Waals surface area contributed by atoms with Gasteiger partial charge in [0.1, 0.15) is 17.0 Å². The monoisotopic (exact) mass is 289 g/mol. The van der Waals surface area contributed by atoms with Crippen molar-refractivity contribution in [2.45, 2.75) is 6.42 Å². The Labute approximate surface area is 120 Å². The Morgan fingerprint density at radius 2 is 2.16 bits per heavy atom. The van der Waals surface area contributed by atoms with E-state index in [1.54, 1.807) is 17.7 Å². The first-order valence-electron chi connectivity index (χ1n) is 5.99. The Kier molecular flexibility index (Phi) is 3.62. The van der Waals surface area contributed by atoms with Crippen molar-refractivity contribution >= 4 is 39.0 Å². The average Bonchev–Trinajstić information content (AvgIpc) is 2.88. The van der Waals surface area contributed by atoms with Crippen LogP contribution in [0.5, 0.6) is 0 Å². The SMILES string of the molecule is Clc1cccc(CCNc2ncnc3sccc23)c1. The molecule has 96 valence electrons. The second-order valence-electron chi connectivity index (χ2n) is 4.17. The molecule has 1 aromatic carbocycles. The predicted octanol–water partition coefficient (Wildman–Crippen LogP) is 4.00. The van der Waals surface area contributed by atoms with Crippen LogP contribution in [0, 0.1) is 0 Å². The molecule has 3 nitrogen and oxygen atoms in total. The van der Waals surface area contributed by atoms with Gasteiger partial charge in [-0.3, -0.25) is 0 Å². The first kappa shape index (κ1) is 12.4. The first-order valence-corrected chi connectivity index (χ1v) is 7.25. The minimum Gasteiger partial charge on any atom is -0.369 e. The zero-order valence-electron chi connectivity index (χ0n) is 10.1. The number of benzene rings is 1. The van der Waals surface area contributed by atoms with Crippen molar-refractivity contribution in [2.75, 3.05) is 11.9 Å². The summed E-state index contributed by atoms with van der Waals surface area (Å²) >= 11 is 7.59. The lowest BCUT2D eigenvalue weighted by atomic mass is 10.1. The number of nitrogens with zero attached hydrogens (tertiary/aromatic N) is 2. The molecule has 0 saturated carbocycles. The third-order valence-electron chi connectivity index (χ3n) is 2.86. The zero-order chi connectivity index (χ0) is 13.1. The van der Waals surface area contributed by atoms with Crippen molar-refractivity contribution in [3.8, 4) is 0 Å². The van der Waals surface area contributed by atoms with Crippen LogP contribution in [0.4, 0.5) is 5.82 Å². The Hall–Kier alpha value is -1.65. The lowest BCUT2D eigenvalue weighted by Gasteiger charge is -2.06. The summed E-state index contributed by atoms with van der Waals surface area (Å²) in [7, 11) is 0. The van der Waals surface area contributed by atoms with Crippen molar-refractivity contribution in [3.05, 3.63) is 52.6 Å². The maximum Gasteiger partial charge on any atom is 0.138 e. The van der Waals surface area contributed by atoms with Gasteiger partial charge in [0.05, 0.1) is 5.39 Å². The lowest BCUT2D eigenvalue weighted by molar-refractivity contribution is 1.01. The van der Waals surface area contributed by atoms with Crippen LogP contribution in [0.15, 0.2) is 42.0 Å². The Balaban J connectivity index is 1.68. The number of hydrogen-bond acceptors (Lipinski definition) is 4. The molecule has 2 heterocycles. The van der Waals surface area contributed by atoms with Crippen molar-refractivity contribution in [3.63, 3.8) is 0 Å². The highest BCUT2D eigenvalue weighted by Crippen LogP contribution is 2.23. The smallest absolute Gasteiger partial charge is 0.138 e. The number of thiophene rings is 1. The second kappa shape index (κ2) is 5.55. The van der Waals surface area contributed by atoms with Gasteiger partial charge >= 0.3 is 0 Å². The van der Waals surface area contributed by atoms with Gasteiger partial charge in [-0.25, -0.2) is 9.97 Å². The molecule has 0 aliphatic rings. The van der Waals surface area contributed by atoms with E-state index in [0.29, 0.717) is 0 Å². The topological polar surface area (TPSA) is 37.8 Å². The fourth-order valence-corrected chi connectivity index (χ4v) is 2.89. The molecule has 0 bridgehead atoms. The number of aromatic nitrogens is 2. The van der Waals surface area contributed by atoms with Gasteiger partial charge in [0.15, 0.2) is 0 Å². The maximum atomic E-state index is 5.96. The van der Waals surface area contributed by atoms with Gasteiger partial charge in [-0.1, -0.05) is 23.7 Å². The van der Waals surface area contributed by atoms with Gasteiger partial charge in [0, 0.05) is 11.6 Å². The summed E-state index contributed by atoms with van der Waals surface area (Å²) in [6.45, 7) is 0.822. The van der Waals surface area contributed by atoms with Crippen molar-refractivity contribution in [2.24, 2.45) is 0 Å². The van der Waals surface area contributed by atoms with Gasteiger partial charge < -0.3 is 5.32 Å². The lowest BCUT2D eigenvalue weighted by Crippen LogP contribution is -2.06. The molecule has 0 atom stereocenters. The molecule has 0 aliphatic carbocycles. The zero-order valence-corrected chi connectivity index (χ0v) is 11.7. The molecule has 0 spiro atoms. The van der Waals surface area contributed by atoms with E-state index in [9.17, 15) is 0 Å². The molecule has 5 heteroatoms. The first-order chi connectivity index (χ1) is 9.33. The number of fused-ring (bicyclic) bond motifs is 1. The van der Waals surface area contributed by atoms with E-state index >= 15 is 0 Å². The van der Waals surface area contributed by atoms with Crippen LogP contribution in [0.1, 0.15) is 5.56 Å². The van der Waals surface area contributed by atoms with Crippen LogP contribution in [0.25, 0.3) is 10.2 Å². The summed E-state index contributed by atoms with van der Waals surface area (Å²) in [4.78, 5) is 9.53. The molecule has 2 aromatic heterocycles. The molecule has 0 fully saturated rings. The predicted molar refractivity (Wildman–Crippen MR) is 81.1 cm³/mol. The number of rotatable bonds is 4. The van der Waals surface area contributed by atoms with E-state index in [4.69, 9.17) is 11.6 Å². The molecule has 0 radical (unpaired) electrons. The van der Waals surface area contributed by atoms with Gasteiger partial charge in [-0.05, 0) is 35.6 Å². The third-order valence-corrected chi connectivity index (χ3v) is 3.91. The maximum absolute atomic E-state index is 5.96. The molecule has 0 saturated heterocycles. The standard InChI is InChI=1S/C14H12ClN3S/c15-11-3-1-2-10(8-11)4-6-16-13-12-5-7-19-14(12)18-9-17-13/h1-3,5,7-9H,4,6H2,(H,16,17,18). The summed E-state index contributed by atoms with van der Waals surface area (Å²) < 4.78 is 0. The fraction of sp³-hybridized carbons (Fsp3) is 0.143. The highest BCUT2D eigenvalue weighted by atomic mass is 35.5. The number of nitrogens with one attached hydrogen (secondary N) is 1. The van der Waals surface area contributed by atoms with E-state index in [1.807, 2.05) is 29.6 Å². The molecule has 0 amide bonds. The van der Waals surface area contributed by atoms with E-state index in [0.717, 1.165) is 34.0 Å². The van der Waals surface area contributed by atoms with E-state index in [1.165, 1.54) is 5.56 Å². The third kappa shape index (κ3) is 2.85. The van der Waals surface area contributed by atoms with E-state index in [-0.39, 0.29) is 0 Å². The molecular weight excluding hydrogens is 278 g/mol. The van der Waals surface area contributed by atoms with Gasteiger partial charge in [0.25, 0.3) is 0 Å². The van der Waals surface area contributed by atoms with Crippen molar-refractivity contribution < 1.29 is 0 Å². The van der Waals surface area contributed by atoms with Crippen LogP contribution in [0.3, 0.4) is 0 Å². The summed E-state index contributed by atoms with van der Waals surface area (Å²) in [5.41, 5.74) is 1.22. The highest BCUT2D eigenvalue weighted by molar-refractivity contribution is 7.16. The fourth-order valence-electron chi connectivity index (χ4n) is 1.95. The van der Waals surface area contributed by atoms with Gasteiger partial charge in [-0.2, -0.15) is 0 Å². The average molecular weight is 290 g/mol. The quantitative estimate of drug-likeness (QED) is 0.789. The minimum atomic E-state index is 0.778. The molecule has 0 aliphatic heterocycles. The Morgan fingerprint density at radius 1 is 1.21 bits per heavy atom. The molecule has 3 aromatic rings. The van der Waals surface area contributed by atoms with Gasteiger partial charge in [-0.15, -0.1) is 11.3 Å². The number of halogens is 1. The minimum absolute atomic E-state index is 0.778. The highest BCUT2D eigenvalue weighted by Gasteiger charge is 2.03. The summed E-state index contributed by atoms with van der Waals surface area (Å²) in [6.07, 6.45) is 2.51. The molecule has 1 N–H and O–H groups in total. The number of anilines is 1. The van der Waals surface area contributed by atoms with Crippen LogP contribution in [0.2, 0.25) is 5.02 Å². The second-order valence-corrected chi connectivity index (χ2v) is 5.50. The van der Waals surface area contributed by atoms with Crippen molar-refractivity contribution in [1.29, 1.82) is 0 Å². The molecule has 0 unspecified atom stereocenters. The largest absolute Gasteiger partial charge is 0.369 e. The molecular formula is C14H12ClN3S. The van der Waals surface area contributed by atoms with Crippen LogP contribution >= 0.6 is 22.9 Å². The summed E-state index contributed by atoms with van der Waals surface area (Å²) in [6, 6.07) is 9.97. The van der Waals surface area contributed by atoms with Crippen molar-refractivity contribution in [1.82, 2.24) is 9.97 Å². The Bertz CT molecular complexity index is 696. The summed E-state index contributed by atoms with van der Waals surface area (Å²) in [5, 5.41) is 7.24. The van der Waals surface area contributed by atoms with E-state index in [2.05, 4.69) is 21.4 Å². The van der Waals surface area contributed by atoms with Crippen LogP contribution < -0.4 is 5.32 Å². The van der Waals surface area contributed by atoms with E-state index < -0.39 is 0 Å². The normalized spacial score (nSPS) is 10.8. The summed E-state index contributed by atoms with van der Waals surface area (Å²) in [5.74, 6) is 0.897. The van der Waals surface area contributed by atoms with Crippen LogP contribution in [-0.2, 0) is 6.42 Å².